The van der Waals surface area contributed by atoms with Gasteiger partial charge in [-0.05, 0) is 37.2 Å². The quantitative estimate of drug-likeness (QED) is 0.610. The summed E-state index contributed by atoms with van der Waals surface area (Å²) in [6.45, 7) is 0. The third-order valence-corrected chi connectivity index (χ3v) is 5.22. The van der Waals surface area contributed by atoms with Crippen molar-refractivity contribution in [1.29, 1.82) is 0 Å². The van der Waals surface area contributed by atoms with Crippen LogP contribution in [0.25, 0.3) is 11.0 Å². The van der Waals surface area contributed by atoms with Crippen LogP contribution in [0, 0.1) is 4.77 Å². The van der Waals surface area contributed by atoms with Crippen LogP contribution in [-0.4, -0.2) is 9.55 Å². The lowest BCUT2D eigenvalue weighted by atomic mass is 9.96. The Morgan fingerprint density at radius 3 is 2.30 bits per heavy atom. The summed E-state index contributed by atoms with van der Waals surface area (Å²) < 4.78 is 3.03. The van der Waals surface area contributed by atoms with Gasteiger partial charge in [0, 0.05) is 6.04 Å². The fraction of sp³-hybridized carbons (Fsp3) is 0.533. The summed E-state index contributed by atoms with van der Waals surface area (Å²) in [7, 11) is 0. The summed E-state index contributed by atoms with van der Waals surface area (Å²) in [6, 6.07) is 4.28. The average molecular weight is 329 g/mol. The van der Waals surface area contributed by atoms with E-state index in [1.807, 2.05) is 12.1 Å². The monoisotopic (exact) mass is 328 g/mol. The number of nitrogens with zero attached hydrogens (tertiary/aromatic N) is 1. The van der Waals surface area contributed by atoms with Gasteiger partial charge in [-0.15, -0.1) is 0 Å². The van der Waals surface area contributed by atoms with Crippen molar-refractivity contribution in [3.63, 3.8) is 0 Å². The lowest BCUT2D eigenvalue weighted by Gasteiger charge is -2.22. The topological polar surface area (TPSA) is 20.7 Å². The summed E-state index contributed by atoms with van der Waals surface area (Å²) in [5, 5.41) is 1.16. The van der Waals surface area contributed by atoms with Crippen LogP contribution in [0.3, 0.4) is 0 Å². The van der Waals surface area contributed by atoms with E-state index < -0.39 is 0 Å². The first-order valence-electron chi connectivity index (χ1n) is 7.26. The standard InChI is InChI=1S/C15H18Cl2N2S/c16-11-8-13-14(9-12(11)17)19(15(20)18-13)10-6-4-2-1-3-5-7-10/h8-10H,1-7H2,(H,18,20). The summed E-state index contributed by atoms with van der Waals surface area (Å²) in [4.78, 5) is 3.26. The lowest BCUT2D eigenvalue weighted by molar-refractivity contribution is 0.376. The molecule has 0 spiro atoms. The van der Waals surface area contributed by atoms with Gasteiger partial charge in [0.25, 0.3) is 0 Å². The molecule has 0 radical (unpaired) electrons. The minimum Gasteiger partial charge on any atom is -0.331 e. The number of imidazole rings is 1. The molecule has 3 rings (SSSR count). The Bertz CT molecular complexity index is 666. The van der Waals surface area contributed by atoms with Crippen LogP contribution in [-0.2, 0) is 0 Å². The predicted octanol–water partition coefficient (Wildman–Crippen LogP) is 6.29. The maximum atomic E-state index is 6.17. The van der Waals surface area contributed by atoms with Crippen LogP contribution in [0.1, 0.15) is 51.0 Å². The molecule has 20 heavy (non-hydrogen) atoms. The van der Waals surface area contributed by atoms with Crippen molar-refractivity contribution in [2.75, 3.05) is 0 Å². The van der Waals surface area contributed by atoms with E-state index >= 15 is 0 Å². The van der Waals surface area contributed by atoms with Gasteiger partial charge in [0.15, 0.2) is 4.77 Å². The molecule has 0 bridgehead atoms. The van der Waals surface area contributed by atoms with Crippen molar-refractivity contribution in [3.05, 3.63) is 26.9 Å². The molecule has 2 aromatic rings. The molecule has 1 aliphatic carbocycles. The summed E-state index contributed by atoms with van der Waals surface area (Å²) in [6.07, 6.45) is 8.98. The normalized spacial score (nSPS) is 18.1. The molecule has 5 heteroatoms. The van der Waals surface area contributed by atoms with E-state index in [0.29, 0.717) is 16.1 Å². The number of H-pyrrole nitrogens is 1. The fourth-order valence-corrected chi connectivity index (χ4v) is 3.85. The zero-order valence-electron chi connectivity index (χ0n) is 11.3. The second-order valence-electron chi connectivity index (χ2n) is 5.58. The molecular formula is C15H18Cl2N2S. The first-order valence-corrected chi connectivity index (χ1v) is 8.42. The Kier molecular flexibility index (Phi) is 4.39. The zero-order valence-corrected chi connectivity index (χ0v) is 13.6. The second kappa shape index (κ2) is 6.08. The Balaban J connectivity index is 2.07. The van der Waals surface area contributed by atoms with Crippen molar-refractivity contribution in [2.24, 2.45) is 0 Å². The summed E-state index contributed by atoms with van der Waals surface area (Å²) in [5.41, 5.74) is 2.06. The SMILES string of the molecule is S=c1[nH]c2cc(Cl)c(Cl)cc2n1C1CCCCCCC1. The predicted molar refractivity (Wildman–Crippen MR) is 88.5 cm³/mol. The Morgan fingerprint density at radius 1 is 1.00 bits per heavy atom. The summed E-state index contributed by atoms with van der Waals surface area (Å²) >= 11 is 17.8. The number of aromatic nitrogens is 2. The van der Waals surface area contributed by atoms with Gasteiger partial charge in [0.05, 0.1) is 21.1 Å². The highest BCUT2D eigenvalue weighted by Crippen LogP contribution is 2.33. The molecule has 0 saturated heterocycles. The number of rotatable bonds is 1. The Morgan fingerprint density at radius 2 is 1.60 bits per heavy atom. The highest BCUT2D eigenvalue weighted by Gasteiger charge is 2.17. The molecule has 1 aromatic carbocycles. The number of benzene rings is 1. The molecule has 1 heterocycles. The molecule has 0 amide bonds. The van der Waals surface area contributed by atoms with Crippen LogP contribution in [0.2, 0.25) is 10.0 Å². The molecule has 1 aromatic heterocycles. The third kappa shape index (κ3) is 2.76. The van der Waals surface area contributed by atoms with E-state index in [1.165, 1.54) is 44.9 Å². The highest BCUT2D eigenvalue weighted by atomic mass is 35.5. The second-order valence-corrected chi connectivity index (χ2v) is 6.78. The molecule has 108 valence electrons. The van der Waals surface area contributed by atoms with E-state index in [-0.39, 0.29) is 0 Å². The van der Waals surface area contributed by atoms with E-state index in [1.54, 1.807) is 0 Å². The minimum absolute atomic E-state index is 0.480. The maximum absolute atomic E-state index is 6.17. The van der Waals surface area contributed by atoms with E-state index in [9.17, 15) is 0 Å². The van der Waals surface area contributed by atoms with Crippen LogP contribution >= 0.6 is 35.4 Å². The van der Waals surface area contributed by atoms with Crippen LogP contribution in [0.15, 0.2) is 12.1 Å². The molecule has 0 unspecified atom stereocenters. The maximum Gasteiger partial charge on any atom is 0.178 e. The van der Waals surface area contributed by atoms with E-state index in [4.69, 9.17) is 35.4 Å². The first kappa shape index (κ1) is 14.4. The third-order valence-electron chi connectivity index (χ3n) is 4.20. The first-order chi connectivity index (χ1) is 9.66. The van der Waals surface area contributed by atoms with Gasteiger partial charge in [-0.2, -0.15) is 0 Å². The van der Waals surface area contributed by atoms with Gasteiger partial charge in [0.2, 0.25) is 0 Å². The average Bonchev–Trinajstić information content (AvgIpc) is 2.66. The number of fused-ring (bicyclic) bond motifs is 1. The molecule has 2 nitrogen and oxygen atoms in total. The van der Waals surface area contributed by atoms with Crippen molar-refractivity contribution in [2.45, 2.75) is 51.0 Å². The van der Waals surface area contributed by atoms with Gasteiger partial charge in [0.1, 0.15) is 0 Å². The number of aromatic amines is 1. The molecular weight excluding hydrogens is 311 g/mol. The number of hydrogen-bond acceptors (Lipinski definition) is 1. The molecule has 1 saturated carbocycles. The van der Waals surface area contributed by atoms with E-state index in [2.05, 4.69) is 9.55 Å². The van der Waals surface area contributed by atoms with Crippen molar-refractivity contribution >= 4 is 46.5 Å². The Hall–Kier alpha value is -0.510. The van der Waals surface area contributed by atoms with Crippen LogP contribution in [0.5, 0.6) is 0 Å². The van der Waals surface area contributed by atoms with Crippen LogP contribution in [0.4, 0.5) is 0 Å². The largest absolute Gasteiger partial charge is 0.331 e. The van der Waals surface area contributed by atoms with Gasteiger partial charge >= 0.3 is 0 Å². The number of nitrogens with one attached hydrogen (secondary N) is 1. The lowest BCUT2D eigenvalue weighted by Crippen LogP contribution is -2.11. The Labute approximate surface area is 134 Å². The highest BCUT2D eigenvalue weighted by molar-refractivity contribution is 7.71. The molecule has 1 N–H and O–H groups in total. The zero-order chi connectivity index (χ0) is 14.1. The fourth-order valence-electron chi connectivity index (χ4n) is 3.18. The minimum atomic E-state index is 0.480. The van der Waals surface area contributed by atoms with Gasteiger partial charge < -0.3 is 9.55 Å². The number of halogens is 2. The summed E-state index contributed by atoms with van der Waals surface area (Å²) in [5.74, 6) is 0. The molecule has 0 aliphatic heterocycles. The van der Waals surface area contributed by atoms with Crippen LogP contribution < -0.4 is 0 Å². The van der Waals surface area contributed by atoms with E-state index in [0.717, 1.165) is 15.8 Å². The van der Waals surface area contributed by atoms with Crippen molar-refractivity contribution < 1.29 is 0 Å². The van der Waals surface area contributed by atoms with Gasteiger partial charge in [-0.3, -0.25) is 0 Å². The smallest absolute Gasteiger partial charge is 0.178 e. The van der Waals surface area contributed by atoms with Crippen molar-refractivity contribution in [1.82, 2.24) is 9.55 Å². The van der Waals surface area contributed by atoms with Gasteiger partial charge in [-0.1, -0.05) is 55.3 Å². The molecule has 0 atom stereocenters. The van der Waals surface area contributed by atoms with Crippen molar-refractivity contribution in [3.8, 4) is 0 Å². The number of hydrogen-bond donors (Lipinski definition) is 1. The van der Waals surface area contributed by atoms with Gasteiger partial charge in [-0.25, -0.2) is 0 Å². The molecule has 1 fully saturated rings. The molecule has 1 aliphatic rings.